The zero-order valence-electron chi connectivity index (χ0n) is 24.6. The minimum absolute atomic E-state index is 0.0645. The molecule has 40 heavy (non-hydrogen) atoms. The summed E-state index contributed by atoms with van der Waals surface area (Å²) in [5.74, 6) is -0.498. The molecule has 1 aromatic heterocycles. The minimum Gasteiger partial charge on any atom is -0.372 e. The number of piperazine rings is 1. The van der Waals surface area contributed by atoms with E-state index in [0.717, 1.165) is 50.2 Å². The zero-order valence-corrected chi connectivity index (χ0v) is 24.6. The molecule has 7 heteroatoms. The lowest BCUT2D eigenvalue weighted by Gasteiger charge is -2.41. The standard InChI is InChI=1S/C33H42FN5O/c1-7-10-27(24-13-15-26(16-14-24)39-19-17-38(18-20-39)25(8-2)9-3)28-23(6)32(40)29-30(21(4)11-12-22(5)34)36-33(35)37-31(28)29/h7,10-13,15,25H,6,8-9,14,16-20H2,1-5H3,(H2,35,36,37)/b10-7-,21-11+,22-12+,28-27-. The molecule has 4 rings (SSSR count). The van der Waals surface area contributed by atoms with Gasteiger partial charge in [-0.15, -0.1) is 0 Å². The van der Waals surface area contributed by atoms with Gasteiger partial charge in [0.2, 0.25) is 5.95 Å². The SMILES string of the molecule is C=C1C(=O)c2c(nc(N)nc2/C(C)=C/C=C(\C)F)/C1=C(/C=C\C)C1=CC=C(N2CCN(C(CC)CC)CC2)CC1. The van der Waals surface area contributed by atoms with Gasteiger partial charge in [-0.2, -0.15) is 0 Å². The second kappa shape index (κ2) is 12.7. The van der Waals surface area contributed by atoms with Crippen molar-refractivity contribution in [2.24, 2.45) is 0 Å². The van der Waals surface area contributed by atoms with Crippen molar-refractivity contribution in [3.8, 4) is 0 Å². The molecule has 0 aromatic carbocycles. The lowest BCUT2D eigenvalue weighted by atomic mass is 9.89. The van der Waals surface area contributed by atoms with Crippen molar-refractivity contribution in [3.63, 3.8) is 0 Å². The third-order valence-corrected chi connectivity index (χ3v) is 8.16. The first-order valence-electron chi connectivity index (χ1n) is 14.4. The molecule has 0 spiro atoms. The van der Waals surface area contributed by atoms with E-state index in [0.29, 0.717) is 39.7 Å². The van der Waals surface area contributed by atoms with Gasteiger partial charge in [0, 0.05) is 49.1 Å². The number of Topliss-reactive ketones (excluding diaryl/α,β-unsaturated/α-hetero) is 1. The summed E-state index contributed by atoms with van der Waals surface area (Å²) in [6.07, 6.45) is 15.5. The maximum atomic E-state index is 13.5. The fraction of sp³-hybridized carbons (Fsp3) is 0.424. The highest BCUT2D eigenvalue weighted by atomic mass is 19.1. The van der Waals surface area contributed by atoms with Crippen LogP contribution in [0.25, 0.3) is 11.1 Å². The summed E-state index contributed by atoms with van der Waals surface area (Å²) in [4.78, 5) is 27.5. The van der Waals surface area contributed by atoms with E-state index in [9.17, 15) is 9.18 Å². The number of allylic oxidation sites excluding steroid dienone is 13. The van der Waals surface area contributed by atoms with Crippen molar-refractivity contribution >= 4 is 22.9 Å². The van der Waals surface area contributed by atoms with E-state index in [1.54, 1.807) is 13.0 Å². The molecule has 0 bridgehead atoms. The molecule has 1 aliphatic heterocycles. The minimum atomic E-state index is -0.339. The van der Waals surface area contributed by atoms with E-state index < -0.39 is 0 Å². The number of anilines is 1. The van der Waals surface area contributed by atoms with E-state index in [1.807, 2.05) is 19.1 Å². The van der Waals surface area contributed by atoms with E-state index in [1.165, 1.54) is 31.5 Å². The Hall–Kier alpha value is -3.58. The first-order chi connectivity index (χ1) is 19.2. The van der Waals surface area contributed by atoms with Crippen molar-refractivity contribution < 1.29 is 9.18 Å². The number of nitrogen functional groups attached to an aromatic ring is 1. The highest BCUT2D eigenvalue weighted by Gasteiger charge is 2.36. The Morgan fingerprint density at radius 3 is 2.38 bits per heavy atom. The van der Waals surface area contributed by atoms with Crippen LogP contribution in [0.4, 0.5) is 10.3 Å². The molecule has 3 aliphatic rings. The molecule has 212 valence electrons. The summed E-state index contributed by atoms with van der Waals surface area (Å²) in [5, 5.41) is 0. The van der Waals surface area contributed by atoms with Crippen LogP contribution in [0.5, 0.6) is 0 Å². The number of rotatable bonds is 8. The van der Waals surface area contributed by atoms with Gasteiger partial charge < -0.3 is 10.6 Å². The molecule has 0 radical (unpaired) electrons. The zero-order chi connectivity index (χ0) is 29.0. The fourth-order valence-electron chi connectivity index (χ4n) is 5.99. The molecule has 0 atom stereocenters. The monoisotopic (exact) mass is 543 g/mol. The van der Waals surface area contributed by atoms with Gasteiger partial charge in [0.15, 0.2) is 5.78 Å². The van der Waals surface area contributed by atoms with Crippen molar-refractivity contribution in [1.29, 1.82) is 0 Å². The third-order valence-electron chi connectivity index (χ3n) is 8.16. The number of carbonyl (C=O) groups is 1. The summed E-state index contributed by atoms with van der Waals surface area (Å²) in [7, 11) is 0. The van der Waals surface area contributed by atoms with E-state index in [-0.39, 0.29) is 17.6 Å². The maximum Gasteiger partial charge on any atom is 0.221 e. The molecule has 2 aliphatic carbocycles. The van der Waals surface area contributed by atoms with Gasteiger partial charge in [0.1, 0.15) is 0 Å². The first-order valence-corrected chi connectivity index (χ1v) is 14.4. The Balaban J connectivity index is 1.70. The van der Waals surface area contributed by atoms with Gasteiger partial charge in [-0.1, -0.05) is 44.7 Å². The molecule has 1 saturated heterocycles. The average molecular weight is 544 g/mol. The average Bonchev–Trinajstić information content (AvgIpc) is 3.20. The number of hydrogen-bond acceptors (Lipinski definition) is 6. The van der Waals surface area contributed by atoms with Crippen molar-refractivity contribution in [1.82, 2.24) is 19.8 Å². The van der Waals surface area contributed by atoms with Crippen LogP contribution in [-0.4, -0.2) is 57.8 Å². The van der Waals surface area contributed by atoms with E-state index in [4.69, 9.17) is 5.73 Å². The summed E-state index contributed by atoms with van der Waals surface area (Å²) < 4.78 is 13.4. The molecule has 0 unspecified atom stereocenters. The predicted octanol–water partition coefficient (Wildman–Crippen LogP) is 6.83. The Bertz CT molecular complexity index is 1360. The number of aromatic nitrogens is 2. The summed E-state index contributed by atoms with van der Waals surface area (Å²) >= 11 is 0. The number of nitrogens with two attached hydrogens (primary N) is 1. The van der Waals surface area contributed by atoms with Crippen LogP contribution in [0, 0.1) is 0 Å². The number of ketones is 1. The number of nitrogens with zero attached hydrogens (tertiary/aromatic N) is 4. The van der Waals surface area contributed by atoms with Crippen molar-refractivity contribution in [2.45, 2.75) is 66.3 Å². The highest BCUT2D eigenvalue weighted by molar-refractivity contribution is 6.28. The molecule has 2 N–H and O–H groups in total. The third kappa shape index (κ3) is 5.94. The fourth-order valence-corrected chi connectivity index (χ4v) is 5.99. The molecule has 1 aromatic rings. The maximum absolute atomic E-state index is 13.5. The van der Waals surface area contributed by atoms with E-state index >= 15 is 0 Å². The Morgan fingerprint density at radius 1 is 1.10 bits per heavy atom. The molecule has 0 amide bonds. The van der Waals surface area contributed by atoms with Gasteiger partial charge >= 0.3 is 0 Å². The Kier molecular flexibility index (Phi) is 9.36. The quantitative estimate of drug-likeness (QED) is 0.286. The number of carbonyl (C=O) groups excluding carboxylic acids is 1. The van der Waals surface area contributed by atoms with Crippen LogP contribution in [0.3, 0.4) is 0 Å². The predicted molar refractivity (Wildman–Crippen MR) is 163 cm³/mol. The molecule has 6 nitrogen and oxygen atoms in total. The topological polar surface area (TPSA) is 75.3 Å². The number of fused-ring (bicyclic) bond motifs is 1. The van der Waals surface area contributed by atoms with Crippen LogP contribution < -0.4 is 5.73 Å². The smallest absolute Gasteiger partial charge is 0.221 e. The lowest BCUT2D eigenvalue weighted by molar-refractivity contribution is 0.104. The molecule has 0 saturated carbocycles. The van der Waals surface area contributed by atoms with Gasteiger partial charge in [0.25, 0.3) is 0 Å². The van der Waals surface area contributed by atoms with Gasteiger partial charge in [0.05, 0.1) is 22.8 Å². The second-order valence-electron chi connectivity index (χ2n) is 10.7. The van der Waals surface area contributed by atoms with E-state index in [2.05, 4.69) is 52.3 Å². The highest BCUT2D eigenvalue weighted by Crippen LogP contribution is 2.43. The summed E-state index contributed by atoms with van der Waals surface area (Å²) in [6, 6.07) is 0.677. The van der Waals surface area contributed by atoms with Crippen LogP contribution in [0.2, 0.25) is 0 Å². The van der Waals surface area contributed by atoms with Crippen molar-refractivity contribution in [3.05, 3.63) is 88.2 Å². The summed E-state index contributed by atoms with van der Waals surface area (Å²) in [6.45, 7) is 18.1. The largest absolute Gasteiger partial charge is 0.372 e. The normalized spacial score (nSPS) is 20.4. The lowest BCUT2D eigenvalue weighted by Crippen LogP contribution is -2.49. The molecular weight excluding hydrogens is 501 g/mol. The molecular formula is C33H42FN5O. The Morgan fingerprint density at radius 2 is 1.80 bits per heavy atom. The van der Waals surface area contributed by atoms with Crippen LogP contribution in [-0.2, 0) is 0 Å². The van der Waals surface area contributed by atoms with Gasteiger partial charge in [-0.3, -0.25) is 9.69 Å². The van der Waals surface area contributed by atoms with Gasteiger partial charge in [-0.25, -0.2) is 14.4 Å². The second-order valence-corrected chi connectivity index (χ2v) is 10.7. The van der Waals surface area contributed by atoms with Crippen LogP contribution in [0.15, 0.2) is 71.3 Å². The van der Waals surface area contributed by atoms with Gasteiger partial charge in [-0.05, 0) is 75.3 Å². The van der Waals surface area contributed by atoms with Crippen LogP contribution in [0.1, 0.15) is 82.0 Å². The number of hydrogen-bond donors (Lipinski definition) is 1. The van der Waals surface area contributed by atoms with Crippen LogP contribution >= 0.6 is 0 Å². The number of halogens is 1. The summed E-state index contributed by atoms with van der Waals surface area (Å²) in [5.41, 5.74) is 12.5. The molecule has 2 heterocycles. The molecule has 1 fully saturated rings. The first kappa shape index (κ1) is 29.4. The Labute approximate surface area is 238 Å². The van der Waals surface area contributed by atoms with Crippen molar-refractivity contribution in [2.75, 3.05) is 31.9 Å².